The van der Waals surface area contributed by atoms with Gasteiger partial charge in [0.05, 0.1) is 37.6 Å². The van der Waals surface area contributed by atoms with E-state index in [9.17, 15) is 0 Å². The maximum absolute atomic E-state index is 7.13. The lowest BCUT2D eigenvalue weighted by Crippen LogP contribution is -2.59. The molecule has 0 unspecified atom stereocenters. The molecular weight excluding hydrogens is 492 g/mol. The fourth-order valence-electron chi connectivity index (χ4n) is 5.21. The van der Waals surface area contributed by atoms with Crippen molar-refractivity contribution >= 4 is 8.32 Å². The Balaban J connectivity index is 1.54. The molecule has 0 N–H and O–H groups in total. The Morgan fingerprint density at radius 3 is 2.21 bits per heavy atom. The van der Waals surface area contributed by atoms with E-state index in [0.717, 1.165) is 37.9 Å². The molecule has 210 valence electrons. The zero-order valence-corrected chi connectivity index (χ0v) is 25.3. The topological polar surface area (TPSA) is 46.2 Å². The van der Waals surface area contributed by atoms with Crippen LogP contribution in [0.5, 0.6) is 0 Å². The van der Waals surface area contributed by atoms with Gasteiger partial charge in [-0.15, -0.1) is 0 Å². The Bertz CT molecular complexity index is 976. The summed E-state index contributed by atoms with van der Waals surface area (Å²) in [5.41, 5.74) is 1.85. The van der Waals surface area contributed by atoms with E-state index >= 15 is 0 Å². The van der Waals surface area contributed by atoms with Crippen molar-refractivity contribution in [2.45, 2.75) is 115 Å². The molecule has 0 aliphatic carbocycles. The van der Waals surface area contributed by atoms with Gasteiger partial charge in [-0.2, -0.15) is 0 Å². The van der Waals surface area contributed by atoms with Crippen molar-refractivity contribution in [1.29, 1.82) is 0 Å². The molecule has 2 aliphatic rings. The monoisotopic (exact) mass is 540 g/mol. The molecule has 2 aromatic carbocycles. The summed E-state index contributed by atoms with van der Waals surface area (Å²) in [6.07, 6.45) is 3.16. The molecule has 2 saturated heterocycles. The van der Waals surface area contributed by atoms with Crippen molar-refractivity contribution in [2.24, 2.45) is 0 Å². The lowest BCUT2D eigenvalue weighted by atomic mass is 9.85. The van der Waals surface area contributed by atoms with Crippen LogP contribution in [0.4, 0.5) is 0 Å². The second kappa shape index (κ2) is 12.8. The molecule has 2 aliphatic heterocycles. The van der Waals surface area contributed by atoms with Gasteiger partial charge in [-0.25, -0.2) is 0 Å². The maximum atomic E-state index is 7.13. The average molecular weight is 541 g/mol. The Hall–Kier alpha value is -1.54. The van der Waals surface area contributed by atoms with Crippen molar-refractivity contribution in [2.75, 3.05) is 13.2 Å². The molecule has 4 rings (SSSR count). The minimum absolute atomic E-state index is 0.0320. The molecule has 0 amide bonds. The van der Waals surface area contributed by atoms with Crippen molar-refractivity contribution in [3.63, 3.8) is 0 Å². The van der Waals surface area contributed by atoms with Crippen LogP contribution in [-0.2, 0) is 36.6 Å². The first-order chi connectivity index (χ1) is 18.1. The van der Waals surface area contributed by atoms with Crippen LogP contribution in [0.3, 0.4) is 0 Å². The summed E-state index contributed by atoms with van der Waals surface area (Å²) in [6, 6.07) is 20.7. The summed E-state index contributed by atoms with van der Waals surface area (Å²) >= 11 is 0. The van der Waals surface area contributed by atoms with Gasteiger partial charge in [-0.1, -0.05) is 81.4 Å². The fraction of sp³-hybridized carbons (Fsp3) is 0.625. The van der Waals surface area contributed by atoms with Crippen molar-refractivity contribution < 1.29 is 23.4 Å². The lowest BCUT2D eigenvalue weighted by molar-refractivity contribution is -0.209. The molecule has 5 nitrogen and oxygen atoms in total. The molecule has 0 bridgehead atoms. The predicted octanol–water partition coefficient (Wildman–Crippen LogP) is 7.30. The lowest BCUT2D eigenvalue weighted by Gasteiger charge is -2.48. The van der Waals surface area contributed by atoms with Gasteiger partial charge in [0.2, 0.25) is 0 Å². The normalized spacial score (nSPS) is 28.5. The Kier molecular flexibility index (Phi) is 9.88. The quantitative estimate of drug-likeness (QED) is 0.234. The number of fused-ring (bicyclic) bond motifs is 1. The highest BCUT2D eigenvalue weighted by molar-refractivity contribution is 6.74. The molecule has 6 heteroatoms. The van der Waals surface area contributed by atoms with E-state index in [4.69, 9.17) is 23.4 Å². The SMILES string of the molecule is CC(C)(C)[Si](C)(C)O[C@@H]1C[C@@H](OCc2ccccc2)[C@H](CCOCc2ccccc2)O[C@@H]2CCCO[C@]21C. The van der Waals surface area contributed by atoms with Crippen LogP contribution >= 0.6 is 0 Å². The van der Waals surface area contributed by atoms with Crippen LogP contribution in [0, 0.1) is 0 Å². The second-order valence-corrected chi connectivity index (χ2v) is 17.4. The zero-order chi connectivity index (χ0) is 27.2. The van der Waals surface area contributed by atoms with Gasteiger partial charge in [0.1, 0.15) is 5.60 Å². The molecule has 5 atom stereocenters. The number of rotatable bonds is 10. The predicted molar refractivity (Wildman–Crippen MR) is 155 cm³/mol. The van der Waals surface area contributed by atoms with E-state index in [1.165, 1.54) is 5.56 Å². The summed E-state index contributed by atoms with van der Waals surface area (Å²) in [5, 5.41) is 0.103. The third-order valence-electron chi connectivity index (χ3n) is 8.71. The van der Waals surface area contributed by atoms with Crippen LogP contribution in [0.15, 0.2) is 60.7 Å². The van der Waals surface area contributed by atoms with Crippen molar-refractivity contribution in [3.8, 4) is 0 Å². The van der Waals surface area contributed by atoms with Gasteiger partial charge >= 0.3 is 0 Å². The van der Waals surface area contributed by atoms with Gasteiger partial charge in [0.25, 0.3) is 0 Å². The van der Waals surface area contributed by atoms with Gasteiger partial charge in [-0.05, 0) is 55.4 Å². The van der Waals surface area contributed by atoms with E-state index in [1.807, 2.05) is 24.3 Å². The average Bonchev–Trinajstić information content (AvgIpc) is 3.00. The van der Waals surface area contributed by atoms with E-state index in [1.54, 1.807) is 0 Å². The highest BCUT2D eigenvalue weighted by atomic mass is 28.4. The first-order valence-electron chi connectivity index (χ1n) is 14.3. The summed E-state index contributed by atoms with van der Waals surface area (Å²) in [4.78, 5) is 0. The van der Waals surface area contributed by atoms with Crippen molar-refractivity contribution in [3.05, 3.63) is 71.8 Å². The molecular formula is C32H48O5Si. The first-order valence-corrected chi connectivity index (χ1v) is 17.2. The molecule has 2 fully saturated rings. The number of benzene rings is 2. The van der Waals surface area contributed by atoms with Crippen molar-refractivity contribution in [1.82, 2.24) is 0 Å². The molecule has 2 heterocycles. The van der Waals surface area contributed by atoms with E-state index in [2.05, 4.69) is 77.2 Å². The Labute approximate surface area is 231 Å². The number of ether oxygens (including phenoxy) is 4. The van der Waals surface area contributed by atoms with E-state index in [0.29, 0.717) is 19.8 Å². The van der Waals surface area contributed by atoms with E-state index in [-0.39, 0.29) is 29.5 Å². The van der Waals surface area contributed by atoms with Gasteiger partial charge in [0, 0.05) is 19.6 Å². The summed E-state index contributed by atoms with van der Waals surface area (Å²) < 4.78 is 33.3. The van der Waals surface area contributed by atoms with Gasteiger partial charge in [0.15, 0.2) is 8.32 Å². The van der Waals surface area contributed by atoms with Gasteiger partial charge < -0.3 is 23.4 Å². The van der Waals surface area contributed by atoms with Crippen LogP contribution in [0.1, 0.15) is 64.5 Å². The standard InChI is InChI=1S/C32H48O5Si/c1-31(2,3)38(5,6)37-30-22-28(34-24-26-16-11-8-12-17-26)27(36-29-18-13-20-35-32(29,30)4)19-21-33-23-25-14-9-7-10-15-25/h7-12,14-17,27-30H,13,18-24H2,1-6H3/t27-,28+,29+,30+,32+/m0/s1. The molecule has 0 aromatic heterocycles. The third kappa shape index (κ3) is 7.35. The smallest absolute Gasteiger partial charge is 0.192 e. The maximum Gasteiger partial charge on any atom is 0.192 e. The molecule has 2 aromatic rings. The highest BCUT2D eigenvalue weighted by Gasteiger charge is 2.54. The second-order valence-electron chi connectivity index (χ2n) is 12.6. The zero-order valence-electron chi connectivity index (χ0n) is 24.3. The Morgan fingerprint density at radius 1 is 0.947 bits per heavy atom. The van der Waals surface area contributed by atoms with E-state index < -0.39 is 13.9 Å². The van der Waals surface area contributed by atoms with Crippen LogP contribution in [0.25, 0.3) is 0 Å². The fourth-order valence-corrected chi connectivity index (χ4v) is 6.60. The first kappa shape index (κ1) is 29.4. The third-order valence-corrected chi connectivity index (χ3v) is 13.2. The molecule has 0 radical (unpaired) electrons. The van der Waals surface area contributed by atoms with Crippen LogP contribution < -0.4 is 0 Å². The highest BCUT2D eigenvalue weighted by Crippen LogP contribution is 2.44. The molecule has 38 heavy (non-hydrogen) atoms. The summed E-state index contributed by atoms with van der Waals surface area (Å²) in [5.74, 6) is 0. The molecule has 0 spiro atoms. The summed E-state index contributed by atoms with van der Waals surface area (Å²) in [7, 11) is -2.06. The largest absolute Gasteiger partial charge is 0.411 e. The van der Waals surface area contributed by atoms with Crippen LogP contribution in [-0.4, -0.2) is 51.5 Å². The minimum Gasteiger partial charge on any atom is -0.411 e. The van der Waals surface area contributed by atoms with Gasteiger partial charge in [-0.3, -0.25) is 0 Å². The molecule has 0 saturated carbocycles. The number of hydrogen-bond donors (Lipinski definition) is 0. The summed E-state index contributed by atoms with van der Waals surface area (Å²) in [6.45, 7) is 16.3. The van der Waals surface area contributed by atoms with Crippen LogP contribution in [0.2, 0.25) is 18.1 Å². The Morgan fingerprint density at radius 2 is 1.58 bits per heavy atom. The number of hydrogen-bond acceptors (Lipinski definition) is 5. The minimum atomic E-state index is -2.06.